The van der Waals surface area contributed by atoms with Crippen molar-refractivity contribution >= 4 is 22.9 Å². The topological polar surface area (TPSA) is 29.5 Å². The third kappa shape index (κ3) is 2.20. The molecule has 0 atom stereocenters. The molecule has 104 valence electrons. The molecule has 0 unspecified atom stereocenters. The number of ether oxygens (including phenoxy) is 1. The Hall–Kier alpha value is -1.81. The summed E-state index contributed by atoms with van der Waals surface area (Å²) in [5.41, 5.74) is 2.15. The van der Waals surface area contributed by atoms with Crippen LogP contribution < -0.4 is 9.64 Å². The average molecular weight is 287 g/mol. The summed E-state index contributed by atoms with van der Waals surface area (Å²) in [6.07, 6.45) is 3.45. The van der Waals surface area contributed by atoms with Crippen molar-refractivity contribution in [1.82, 2.24) is 0 Å². The Bertz CT molecular complexity index is 626. The minimum atomic E-state index is 0.0360. The number of aryl methyl sites for hydroxylation is 2. The molecular weight excluding hydrogens is 270 g/mol. The zero-order valence-electron chi connectivity index (χ0n) is 11.7. The summed E-state index contributed by atoms with van der Waals surface area (Å²) < 4.78 is 5.32. The van der Waals surface area contributed by atoms with Crippen molar-refractivity contribution in [3.05, 3.63) is 45.6 Å². The van der Waals surface area contributed by atoms with E-state index in [4.69, 9.17) is 4.74 Å². The second-order valence-corrected chi connectivity index (χ2v) is 6.09. The van der Waals surface area contributed by atoms with Crippen molar-refractivity contribution in [2.45, 2.75) is 19.3 Å². The molecule has 2 aromatic rings. The van der Waals surface area contributed by atoms with Crippen molar-refractivity contribution in [3.8, 4) is 5.75 Å². The van der Waals surface area contributed by atoms with Crippen LogP contribution in [0.3, 0.4) is 0 Å². The van der Waals surface area contributed by atoms with Gasteiger partial charge in [0, 0.05) is 11.9 Å². The molecule has 3 nitrogen and oxygen atoms in total. The predicted octanol–water partition coefficient (Wildman–Crippen LogP) is 3.52. The number of methoxy groups -OCH3 is 1. The van der Waals surface area contributed by atoms with Crippen LogP contribution in [-0.4, -0.2) is 20.1 Å². The maximum Gasteiger partial charge on any atom is 0.268 e. The molecule has 1 aromatic heterocycles. The second-order valence-electron chi connectivity index (χ2n) is 4.95. The lowest BCUT2D eigenvalue weighted by Crippen LogP contribution is -2.25. The molecule has 0 bridgehead atoms. The van der Waals surface area contributed by atoms with Gasteiger partial charge in [-0.1, -0.05) is 12.1 Å². The molecule has 1 aliphatic rings. The molecule has 0 saturated heterocycles. The van der Waals surface area contributed by atoms with Crippen molar-refractivity contribution in [3.63, 3.8) is 0 Å². The number of hydrogen-bond donors (Lipinski definition) is 0. The minimum absolute atomic E-state index is 0.0360. The first kappa shape index (κ1) is 13.2. The number of para-hydroxylation sites is 2. The fraction of sp³-hybridized carbons (Fsp3) is 0.312. The van der Waals surface area contributed by atoms with Crippen molar-refractivity contribution < 1.29 is 9.53 Å². The predicted molar refractivity (Wildman–Crippen MR) is 82.1 cm³/mol. The zero-order chi connectivity index (χ0) is 14.1. The van der Waals surface area contributed by atoms with Gasteiger partial charge in [0.15, 0.2) is 0 Å². The van der Waals surface area contributed by atoms with Gasteiger partial charge in [-0.25, -0.2) is 0 Å². The first-order chi connectivity index (χ1) is 9.70. The molecule has 3 rings (SSSR count). The standard InChI is InChI=1S/C16H17NO2S/c1-17(12-7-3-4-8-13(12)19-2)16(18)15-10-11-6-5-9-14(11)20-15/h3-4,7-8,10H,5-6,9H2,1-2H3. The fourth-order valence-electron chi connectivity index (χ4n) is 2.62. The van der Waals surface area contributed by atoms with Gasteiger partial charge in [-0.2, -0.15) is 0 Å². The minimum Gasteiger partial charge on any atom is -0.495 e. The monoisotopic (exact) mass is 287 g/mol. The summed E-state index contributed by atoms with van der Waals surface area (Å²) in [7, 11) is 3.42. The summed E-state index contributed by atoms with van der Waals surface area (Å²) in [5.74, 6) is 0.751. The first-order valence-corrected chi connectivity index (χ1v) is 7.55. The highest BCUT2D eigenvalue weighted by Crippen LogP contribution is 2.33. The summed E-state index contributed by atoms with van der Waals surface area (Å²) in [6, 6.07) is 9.64. The number of carbonyl (C=O) groups is 1. The van der Waals surface area contributed by atoms with Crippen LogP contribution in [0.25, 0.3) is 0 Å². The molecule has 0 saturated carbocycles. The lowest BCUT2D eigenvalue weighted by molar-refractivity contribution is 0.0996. The van der Waals surface area contributed by atoms with E-state index in [0.29, 0.717) is 5.75 Å². The van der Waals surface area contributed by atoms with E-state index in [2.05, 4.69) is 6.07 Å². The van der Waals surface area contributed by atoms with Crippen molar-refractivity contribution in [1.29, 1.82) is 0 Å². The normalized spacial score (nSPS) is 13.1. The van der Waals surface area contributed by atoms with Crippen LogP contribution in [0.1, 0.15) is 26.5 Å². The number of benzene rings is 1. The summed E-state index contributed by atoms with van der Waals surface area (Å²) >= 11 is 1.63. The highest BCUT2D eigenvalue weighted by atomic mass is 32.1. The van der Waals surface area contributed by atoms with Crippen LogP contribution >= 0.6 is 11.3 Å². The molecule has 0 spiro atoms. The van der Waals surface area contributed by atoms with Gasteiger partial charge in [-0.05, 0) is 43.0 Å². The SMILES string of the molecule is COc1ccccc1N(C)C(=O)c1cc2c(s1)CCC2. The van der Waals surface area contributed by atoms with Crippen LogP contribution in [0.5, 0.6) is 5.75 Å². The van der Waals surface area contributed by atoms with Crippen LogP contribution in [0.15, 0.2) is 30.3 Å². The summed E-state index contributed by atoms with van der Waals surface area (Å²) in [6.45, 7) is 0. The van der Waals surface area contributed by atoms with Gasteiger partial charge in [0.2, 0.25) is 0 Å². The van der Waals surface area contributed by atoms with E-state index < -0.39 is 0 Å². The Morgan fingerprint density at radius 3 is 2.85 bits per heavy atom. The number of anilines is 1. The molecule has 1 aromatic carbocycles. The van der Waals surface area contributed by atoms with Gasteiger partial charge in [-0.3, -0.25) is 4.79 Å². The number of amides is 1. The van der Waals surface area contributed by atoms with Gasteiger partial charge in [0.25, 0.3) is 5.91 Å². The van der Waals surface area contributed by atoms with Crippen LogP contribution in [0, 0.1) is 0 Å². The largest absolute Gasteiger partial charge is 0.495 e. The van der Waals surface area contributed by atoms with Crippen LogP contribution in [-0.2, 0) is 12.8 Å². The number of carbonyl (C=O) groups excluding carboxylic acids is 1. The number of rotatable bonds is 3. The van der Waals surface area contributed by atoms with E-state index in [1.807, 2.05) is 24.3 Å². The third-order valence-corrected chi connectivity index (χ3v) is 4.93. The zero-order valence-corrected chi connectivity index (χ0v) is 12.5. The van der Waals surface area contributed by atoms with Crippen LogP contribution in [0.2, 0.25) is 0 Å². The van der Waals surface area contributed by atoms with E-state index in [-0.39, 0.29) is 5.91 Å². The molecular formula is C16H17NO2S. The van der Waals surface area contributed by atoms with E-state index in [0.717, 1.165) is 23.4 Å². The Morgan fingerprint density at radius 1 is 1.30 bits per heavy atom. The summed E-state index contributed by atoms with van der Waals surface area (Å²) in [4.78, 5) is 16.5. The van der Waals surface area contributed by atoms with E-state index in [1.165, 1.54) is 16.9 Å². The average Bonchev–Trinajstić information content (AvgIpc) is 3.06. The molecule has 4 heteroatoms. The lowest BCUT2D eigenvalue weighted by Gasteiger charge is -2.19. The highest BCUT2D eigenvalue weighted by Gasteiger charge is 2.22. The van der Waals surface area contributed by atoms with Gasteiger partial charge in [-0.15, -0.1) is 11.3 Å². The second kappa shape index (κ2) is 5.29. The van der Waals surface area contributed by atoms with E-state index >= 15 is 0 Å². The number of thiophene rings is 1. The number of fused-ring (bicyclic) bond motifs is 1. The van der Waals surface area contributed by atoms with Gasteiger partial charge < -0.3 is 9.64 Å². The molecule has 0 aliphatic heterocycles. The Balaban J connectivity index is 1.89. The highest BCUT2D eigenvalue weighted by molar-refractivity contribution is 7.14. The Labute approximate surface area is 122 Å². The smallest absolute Gasteiger partial charge is 0.268 e. The van der Waals surface area contributed by atoms with E-state index in [1.54, 1.807) is 30.4 Å². The Morgan fingerprint density at radius 2 is 2.10 bits per heavy atom. The number of hydrogen-bond acceptors (Lipinski definition) is 3. The quantitative estimate of drug-likeness (QED) is 0.864. The number of nitrogens with zero attached hydrogens (tertiary/aromatic N) is 1. The molecule has 1 aliphatic carbocycles. The van der Waals surface area contributed by atoms with Gasteiger partial charge in [0.1, 0.15) is 5.75 Å². The first-order valence-electron chi connectivity index (χ1n) is 6.73. The maximum atomic E-state index is 12.6. The molecule has 20 heavy (non-hydrogen) atoms. The fourth-order valence-corrected chi connectivity index (χ4v) is 3.85. The van der Waals surface area contributed by atoms with Crippen molar-refractivity contribution in [2.75, 3.05) is 19.1 Å². The molecule has 0 radical (unpaired) electrons. The lowest BCUT2D eigenvalue weighted by atomic mass is 10.2. The van der Waals surface area contributed by atoms with Crippen molar-refractivity contribution in [2.24, 2.45) is 0 Å². The Kier molecular flexibility index (Phi) is 3.49. The molecule has 0 N–H and O–H groups in total. The molecule has 1 heterocycles. The van der Waals surface area contributed by atoms with Crippen LogP contribution in [0.4, 0.5) is 5.69 Å². The van der Waals surface area contributed by atoms with Gasteiger partial charge >= 0.3 is 0 Å². The third-order valence-electron chi connectivity index (χ3n) is 3.71. The van der Waals surface area contributed by atoms with E-state index in [9.17, 15) is 4.79 Å². The summed E-state index contributed by atoms with van der Waals surface area (Å²) in [5, 5.41) is 0. The molecule has 0 fully saturated rings. The van der Waals surface area contributed by atoms with Gasteiger partial charge in [0.05, 0.1) is 17.7 Å². The molecule has 1 amide bonds. The maximum absolute atomic E-state index is 12.6.